The number of amides is 1. The molecule has 2 aromatic carbocycles. The van der Waals surface area contributed by atoms with Gasteiger partial charge in [-0.05, 0) is 24.3 Å². The summed E-state index contributed by atoms with van der Waals surface area (Å²) >= 11 is 1.80. The summed E-state index contributed by atoms with van der Waals surface area (Å²) in [6, 6.07) is 15.4. The van der Waals surface area contributed by atoms with Gasteiger partial charge < -0.3 is 19.3 Å². The number of methoxy groups -OCH3 is 1. The highest BCUT2D eigenvalue weighted by Gasteiger charge is 2.35. The summed E-state index contributed by atoms with van der Waals surface area (Å²) in [6.07, 6.45) is -0.821. The second kappa shape index (κ2) is 7.52. The lowest BCUT2D eigenvalue weighted by atomic mass is 10.1. The molecule has 1 atom stereocenters. The fourth-order valence-electron chi connectivity index (χ4n) is 3.36. The fourth-order valence-corrected chi connectivity index (χ4v) is 4.42. The molecule has 2 aliphatic heterocycles. The molecular weight excluding hydrogens is 364 g/mol. The van der Waals surface area contributed by atoms with Crippen LogP contribution in [0.5, 0.6) is 5.75 Å². The van der Waals surface area contributed by atoms with E-state index in [9.17, 15) is 9.59 Å². The number of hydrogen-bond acceptors (Lipinski definition) is 6. The minimum Gasteiger partial charge on any atom is -0.475 e. The summed E-state index contributed by atoms with van der Waals surface area (Å²) in [7, 11) is 1.32. The third-order valence-electron chi connectivity index (χ3n) is 4.69. The van der Waals surface area contributed by atoms with Crippen molar-refractivity contribution >= 4 is 35.0 Å². The van der Waals surface area contributed by atoms with Crippen LogP contribution >= 0.6 is 11.8 Å². The first-order chi connectivity index (χ1) is 13.2. The predicted octanol–water partition coefficient (Wildman–Crippen LogP) is 2.57. The van der Waals surface area contributed by atoms with Gasteiger partial charge in [-0.3, -0.25) is 4.79 Å². The average molecular weight is 384 g/mol. The zero-order valence-electron chi connectivity index (χ0n) is 15.0. The monoisotopic (exact) mass is 384 g/mol. The average Bonchev–Trinajstić information content (AvgIpc) is 2.72. The van der Waals surface area contributed by atoms with Gasteiger partial charge in [-0.25, -0.2) is 4.79 Å². The largest absolute Gasteiger partial charge is 0.475 e. The standard InChI is InChI=1S/C20H20N2O4S/c1-25-20(24)17-12-22(14-6-2-4-8-16(14)26-17)19(23)13-21-10-11-27-18-9-5-3-7-15(18)21/h2-9,17H,10-13H2,1H3/t17-/m1/s1. The Morgan fingerprint density at radius 2 is 1.89 bits per heavy atom. The van der Waals surface area contributed by atoms with Crippen LogP contribution in [-0.4, -0.2) is 50.5 Å². The maximum atomic E-state index is 13.2. The summed E-state index contributed by atoms with van der Waals surface area (Å²) in [5, 5.41) is 0. The van der Waals surface area contributed by atoms with E-state index in [1.807, 2.05) is 36.4 Å². The molecule has 7 heteroatoms. The molecule has 0 aromatic heterocycles. The zero-order chi connectivity index (χ0) is 18.8. The van der Waals surface area contributed by atoms with Crippen molar-refractivity contribution in [2.75, 3.05) is 42.3 Å². The first-order valence-corrected chi connectivity index (χ1v) is 9.76. The van der Waals surface area contributed by atoms with Crippen LogP contribution in [-0.2, 0) is 14.3 Å². The lowest BCUT2D eigenvalue weighted by molar-refractivity contribution is -0.148. The van der Waals surface area contributed by atoms with E-state index in [1.165, 1.54) is 12.0 Å². The van der Waals surface area contributed by atoms with Gasteiger partial charge in [-0.1, -0.05) is 24.3 Å². The van der Waals surface area contributed by atoms with E-state index in [-0.39, 0.29) is 19.0 Å². The minimum absolute atomic E-state index is 0.0682. The molecule has 0 saturated heterocycles. The highest BCUT2D eigenvalue weighted by atomic mass is 32.2. The van der Waals surface area contributed by atoms with Gasteiger partial charge in [-0.15, -0.1) is 11.8 Å². The lowest BCUT2D eigenvalue weighted by Gasteiger charge is -2.36. The Hall–Kier alpha value is -2.67. The van der Waals surface area contributed by atoms with E-state index in [1.54, 1.807) is 22.7 Å². The summed E-state index contributed by atoms with van der Waals surface area (Å²) in [5.74, 6) is 0.903. The maximum absolute atomic E-state index is 13.2. The van der Waals surface area contributed by atoms with Crippen LogP contribution < -0.4 is 14.5 Å². The number of anilines is 2. The van der Waals surface area contributed by atoms with Crippen molar-refractivity contribution in [3.05, 3.63) is 48.5 Å². The number of thioether (sulfide) groups is 1. The second-order valence-corrected chi connectivity index (χ2v) is 7.48. The first kappa shape index (κ1) is 17.7. The highest BCUT2D eigenvalue weighted by molar-refractivity contribution is 7.99. The lowest BCUT2D eigenvalue weighted by Crippen LogP contribution is -2.50. The van der Waals surface area contributed by atoms with Crippen molar-refractivity contribution in [3.63, 3.8) is 0 Å². The number of fused-ring (bicyclic) bond motifs is 2. The number of carbonyl (C=O) groups is 2. The Morgan fingerprint density at radius 1 is 1.15 bits per heavy atom. The molecule has 4 rings (SSSR count). The van der Waals surface area contributed by atoms with Gasteiger partial charge in [0.25, 0.3) is 0 Å². The van der Waals surface area contributed by atoms with Gasteiger partial charge in [0.1, 0.15) is 5.75 Å². The van der Waals surface area contributed by atoms with E-state index < -0.39 is 12.1 Å². The van der Waals surface area contributed by atoms with Gasteiger partial charge in [0.15, 0.2) is 0 Å². The molecule has 140 valence electrons. The molecular formula is C20H20N2O4S. The van der Waals surface area contributed by atoms with Gasteiger partial charge in [-0.2, -0.15) is 0 Å². The summed E-state index contributed by atoms with van der Waals surface area (Å²) < 4.78 is 10.5. The van der Waals surface area contributed by atoms with E-state index in [4.69, 9.17) is 9.47 Å². The molecule has 1 amide bonds. The van der Waals surface area contributed by atoms with Crippen LogP contribution in [0, 0.1) is 0 Å². The Kier molecular flexibility index (Phi) is 4.94. The number of esters is 1. The molecule has 6 nitrogen and oxygen atoms in total. The van der Waals surface area contributed by atoms with Gasteiger partial charge in [0, 0.05) is 17.2 Å². The Bertz CT molecular complexity index is 873. The second-order valence-electron chi connectivity index (χ2n) is 6.34. The Labute approximate surface area is 162 Å². The van der Waals surface area contributed by atoms with Crippen molar-refractivity contribution < 1.29 is 19.1 Å². The first-order valence-electron chi connectivity index (χ1n) is 8.78. The number of nitrogens with zero attached hydrogens (tertiary/aromatic N) is 2. The fraction of sp³-hybridized carbons (Fsp3) is 0.300. The van der Waals surface area contributed by atoms with E-state index in [0.29, 0.717) is 11.4 Å². The number of ether oxygens (including phenoxy) is 2. The number of rotatable bonds is 3. The number of benzene rings is 2. The molecule has 0 spiro atoms. The van der Waals surface area contributed by atoms with Crippen LogP contribution in [0.15, 0.2) is 53.4 Å². The number of carbonyl (C=O) groups excluding carboxylic acids is 2. The molecule has 0 aliphatic carbocycles. The van der Waals surface area contributed by atoms with Gasteiger partial charge >= 0.3 is 5.97 Å². The SMILES string of the molecule is COC(=O)[C@H]1CN(C(=O)CN2CCSc3ccccc32)c2ccccc2O1. The van der Waals surface area contributed by atoms with Crippen LogP contribution in [0.2, 0.25) is 0 Å². The summed E-state index contributed by atoms with van der Waals surface area (Å²) in [6.45, 7) is 1.20. The van der Waals surface area contributed by atoms with Crippen LogP contribution in [0.4, 0.5) is 11.4 Å². The quantitative estimate of drug-likeness (QED) is 0.758. The molecule has 2 aliphatic rings. The third kappa shape index (κ3) is 3.47. The molecule has 0 N–H and O–H groups in total. The van der Waals surface area contributed by atoms with Gasteiger partial charge in [0.2, 0.25) is 12.0 Å². The van der Waals surface area contributed by atoms with E-state index >= 15 is 0 Å². The normalized spacial score (nSPS) is 18.2. The molecule has 0 fully saturated rings. The third-order valence-corrected chi connectivity index (χ3v) is 5.73. The Morgan fingerprint density at radius 3 is 2.70 bits per heavy atom. The Balaban J connectivity index is 1.59. The number of hydrogen-bond donors (Lipinski definition) is 0. The van der Waals surface area contributed by atoms with Crippen molar-refractivity contribution in [2.45, 2.75) is 11.0 Å². The molecule has 0 bridgehead atoms. The highest BCUT2D eigenvalue weighted by Crippen LogP contribution is 2.36. The molecule has 0 radical (unpaired) electrons. The summed E-state index contributed by atoms with van der Waals surface area (Å²) in [4.78, 5) is 30.1. The summed E-state index contributed by atoms with van der Waals surface area (Å²) in [5.41, 5.74) is 1.76. The molecule has 0 unspecified atom stereocenters. The van der Waals surface area contributed by atoms with E-state index in [0.717, 1.165) is 18.0 Å². The number of para-hydroxylation sites is 3. The molecule has 2 heterocycles. The van der Waals surface area contributed by atoms with Crippen LogP contribution in [0.3, 0.4) is 0 Å². The maximum Gasteiger partial charge on any atom is 0.348 e. The molecule has 2 aromatic rings. The van der Waals surface area contributed by atoms with E-state index in [2.05, 4.69) is 11.0 Å². The predicted molar refractivity (Wildman–Crippen MR) is 105 cm³/mol. The van der Waals surface area contributed by atoms with Crippen molar-refractivity contribution in [3.8, 4) is 5.75 Å². The molecule has 0 saturated carbocycles. The van der Waals surface area contributed by atoms with Crippen molar-refractivity contribution in [2.24, 2.45) is 0 Å². The van der Waals surface area contributed by atoms with Crippen molar-refractivity contribution in [1.29, 1.82) is 0 Å². The zero-order valence-corrected chi connectivity index (χ0v) is 15.8. The van der Waals surface area contributed by atoms with Crippen molar-refractivity contribution in [1.82, 2.24) is 0 Å². The van der Waals surface area contributed by atoms with Crippen LogP contribution in [0.1, 0.15) is 0 Å². The topological polar surface area (TPSA) is 59.1 Å². The molecule has 27 heavy (non-hydrogen) atoms. The van der Waals surface area contributed by atoms with Crippen LogP contribution in [0.25, 0.3) is 0 Å². The van der Waals surface area contributed by atoms with Gasteiger partial charge in [0.05, 0.1) is 31.6 Å². The smallest absolute Gasteiger partial charge is 0.348 e. The minimum atomic E-state index is -0.821.